The van der Waals surface area contributed by atoms with E-state index in [0.29, 0.717) is 24.1 Å². The number of carbonyl (C=O) groups excluding carboxylic acids is 3. The van der Waals surface area contributed by atoms with Crippen LogP contribution >= 0.6 is 0 Å². The number of hydrogen-bond acceptors (Lipinski definition) is 6. The van der Waals surface area contributed by atoms with Gasteiger partial charge in [0.1, 0.15) is 0 Å². The summed E-state index contributed by atoms with van der Waals surface area (Å²) in [5.74, 6) is -0.0685. The van der Waals surface area contributed by atoms with Gasteiger partial charge in [0.2, 0.25) is 11.5 Å². The van der Waals surface area contributed by atoms with Crippen molar-refractivity contribution in [1.82, 2.24) is 15.5 Å². The predicted molar refractivity (Wildman–Crippen MR) is 134 cm³/mol. The van der Waals surface area contributed by atoms with E-state index in [1.54, 1.807) is 0 Å². The lowest BCUT2D eigenvalue weighted by atomic mass is 9.93. The molecule has 0 bridgehead atoms. The van der Waals surface area contributed by atoms with Crippen molar-refractivity contribution in [3.8, 4) is 0 Å². The van der Waals surface area contributed by atoms with Crippen LogP contribution in [0, 0.1) is 5.92 Å². The Labute approximate surface area is 210 Å². The van der Waals surface area contributed by atoms with Gasteiger partial charge >= 0.3 is 6.09 Å². The van der Waals surface area contributed by atoms with Crippen molar-refractivity contribution in [2.75, 3.05) is 18.4 Å². The third-order valence-corrected chi connectivity index (χ3v) is 8.19. The molecule has 8 heteroatoms. The molecular weight excluding hydrogens is 456 g/mol. The van der Waals surface area contributed by atoms with Gasteiger partial charge in [0.15, 0.2) is 0 Å². The molecule has 188 valence electrons. The molecule has 3 N–H and O–H groups in total. The quantitative estimate of drug-likeness (QED) is 0.528. The zero-order chi connectivity index (χ0) is 24.9. The van der Waals surface area contributed by atoms with Gasteiger partial charge in [-0.1, -0.05) is 36.4 Å². The number of carbonyl (C=O) groups is 3. The number of anilines is 1. The van der Waals surface area contributed by atoms with Gasteiger partial charge in [-0.2, -0.15) is 0 Å². The summed E-state index contributed by atoms with van der Waals surface area (Å²) in [6.45, 7) is 4.50. The minimum Gasteiger partial charge on any atom is -0.427 e. The van der Waals surface area contributed by atoms with Crippen LogP contribution in [-0.4, -0.2) is 48.0 Å². The first-order valence-corrected chi connectivity index (χ1v) is 12.9. The third-order valence-electron chi connectivity index (χ3n) is 8.19. The van der Waals surface area contributed by atoms with Crippen molar-refractivity contribution < 1.29 is 19.1 Å². The molecule has 2 aliphatic heterocycles. The lowest BCUT2D eigenvalue weighted by Gasteiger charge is -2.31. The molecule has 2 aromatic rings. The molecule has 36 heavy (non-hydrogen) atoms. The molecule has 3 amide bonds. The van der Waals surface area contributed by atoms with Crippen molar-refractivity contribution in [3.63, 3.8) is 0 Å². The largest absolute Gasteiger partial charge is 0.427 e. The molecule has 2 saturated heterocycles. The Kier molecular flexibility index (Phi) is 5.71. The number of amides is 3. The second-order valence-electron chi connectivity index (χ2n) is 10.7. The van der Waals surface area contributed by atoms with Crippen molar-refractivity contribution in [2.24, 2.45) is 5.92 Å². The Bertz CT molecular complexity index is 1190. The maximum absolute atomic E-state index is 13.8. The molecule has 8 nitrogen and oxygen atoms in total. The summed E-state index contributed by atoms with van der Waals surface area (Å²) in [5, 5.41) is 9.07. The van der Waals surface area contributed by atoms with Crippen molar-refractivity contribution in [1.29, 1.82) is 0 Å². The second kappa shape index (κ2) is 8.92. The highest BCUT2D eigenvalue weighted by molar-refractivity contribution is 6.04. The first-order valence-electron chi connectivity index (χ1n) is 12.9. The number of alkyl carbamates (subject to hydrolysis) is 1. The van der Waals surface area contributed by atoms with Crippen LogP contribution < -0.4 is 16.0 Å². The molecule has 0 radical (unpaired) electrons. The monoisotopic (exact) mass is 488 g/mol. The van der Waals surface area contributed by atoms with Gasteiger partial charge in [0.05, 0.1) is 6.04 Å². The summed E-state index contributed by atoms with van der Waals surface area (Å²) >= 11 is 0. The van der Waals surface area contributed by atoms with E-state index < -0.39 is 17.6 Å². The molecule has 4 aliphatic rings. The van der Waals surface area contributed by atoms with Crippen LogP contribution in [0.1, 0.15) is 55.2 Å². The highest BCUT2D eigenvalue weighted by Gasteiger charge is 2.57. The summed E-state index contributed by atoms with van der Waals surface area (Å²) < 4.78 is 5.61. The van der Waals surface area contributed by atoms with Crippen LogP contribution in [0.3, 0.4) is 0 Å². The van der Waals surface area contributed by atoms with Crippen LogP contribution in [-0.2, 0) is 26.5 Å². The predicted octanol–water partition coefficient (Wildman–Crippen LogP) is 3.24. The molecule has 2 aromatic carbocycles. The number of ether oxygens (including phenoxy) is 1. The zero-order valence-corrected chi connectivity index (χ0v) is 20.5. The fourth-order valence-corrected chi connectivity index (χ4v) is 5.87. The van der Waals surface area contributed by atoms with Crippen LogP contribution in [0.2, 0.25) is 0 Å². The van der Waals surface area contributed by atoms with Gasteiger partial charge in [-0.05, 0) is 54.9 Å². The summed E-state index contributed by atoms with van der Waals surface area (Å²) in [6, 6.07) is 16.4. The lowest BCUT2D eigenvalue weighted by molar-refractivity contribution is -0.136. The molecule has 3 atom stereocenters. The van der Waals surface area contributed by atoms with E-state index in [-0.39, 0.29) is 30.7 Å². The normalized spacial score (nSPS) is 25.6. The lowest BCUT2D eigenvalue weighted by Crippen LogP contribution is -2.51. The van der Waals surface area contributed by atoms with Gasteiger partial charge in [-0.25, -0.2) is 4.79 Å². The highest BCUT2D eigenvalue weighted by atomic mass is 16.6. The summed E-state index contributed by atoms with van der Waals surface area (Å²) in [4.78, 5) is 40.8. The van der Waals surface area contributed by atoms with E-state index >= 15 is 0 Å². The van der Waals surface area contributed by atoms with E-state index in [0.717, 1.165) is 42.7 Å². The maximum Gasteiger partial charge on any atom is 0.415 e. The summed E-state index contributed by atoms with van der Waals surface area (Å²) in [6.07, 6.45) is 2.11. The van der Waals surface area contributed by atoms with Gasteiger partial charge in [-0.3, -0.25) is 14.9 Å². The van der Waals surface area contributed by atoms with Crippen LogP contribution in [0.5, 0.6) is 0 Å². The molecule has 2 aliphatic carbocycles. The second-order valence-corrected chi connectivity index (χ2v) is 10.7. The smallest absolute Gasteiger partial charge is 0.415 e. The van der Waals surface area contributed by atoms with Crippen LogP contribution in [0.4, 0.5) is 10.5 Å². The van der Waals surface area contributed by atoms with E-state index in [1.807, 2.05) is 41.3 Å². The molecule has 1 saturated carbocycles. The Hall–Kier alpha value is -3.39. The topological polar surface area (TPSA) is 99.8 Å². The van der Waals surface area contributed by atoms with Gasteiger partial charge in [0, 0.05) is 49.8 Å². The molecule has 3 fully saturated rings. The molecule has 3 unspecified atom stereocenters. The van der Waals surface area contributed by atoms with E-state index in [9.17, 15) is 14.4 Å². The number of benzene rings is 2. The standard InChI is InChI=1S/C28H32N4O4/c1-17(19-7-8-19)32(16-18-5-3-2-4-6-18)25(33)11-20-13-28(26(34)31-27(35)36-28)24-10-9-21(12-23(20)24)30-22-14-29-15-22/h2-6,9-10,12,17,19-20,22,29-30H,7-8,11,13-16H2,1H3,(H,31,34,35). The maximum atomic E-state index is 13.8. The number of nitrogens with zero attached hydrogens (tertiary/aromatic N) is 1. The van der Waals surface area contributed by atoms with Gasteiger partial charge < -0.3 is 20.3 Å². The van der Waals surface area contributed by atoms with Crippen molar-refractivity contribution in [3.05, 3.63) is 65.2 Å². The number of hydrogen-bond donors (Lipinski definition) is 3. The van der Waals surface area contributed by atoms with Gasteiger partial charge in [-0.15, -0.1) is 0 Å². The number of rotatable bonds is 8. The molecule has 0 aromatic heterocycles. The average molecular weight is 489 g/mol. The summed E-state index contributed by atoms with van der Waals surface area (Å²) in [7, 11) is 0. The average Bonchev–Trinajstić information content (AvgIpc) is 3.60. The molecular formula is C28H32N4O4. The van der Waals surface area contributed by atoms with Crippen LogP contribution in [0.25, 0.3) is 0 Å². The first kappa shape index (κ1) is 23.0. The number of imide groups is 1. The molecule has 1 spiro atoms. The Morgan fingerprint density at radius 2 is 1.94 bits per heavy atom. The van der Waals surface area contributed by atoms with Gasteiger partial charge in [0.25, 0.3) is 5.91 Å². The van der Waals surface area contributed by atoms with E-state index in [2.05, 4.69) is 35.0 Å². The number of fused-ring (bicyclic) bond motifs is 2. The van der Waals surface area contributed by atoms with Crippen LogP contribution in [0.15, 0.2) is 48.5 Å². The molecule has 2 heterocycles. The third kappa shape index (κ3) is 4.13. The SMILES string of the molecule is CC(C1CC1)N(Cc1ccccc1)C(=O)CC1CC2(OC(=O)NC2=O)c2ccc(NC3CNC3)cc21. The summed E-state index contributed by atoms with van der Waals surface area (Å²) in [5.41, 5.74) is 2.29. The highest BCUT2D eigenvalue weighted by Crippen LogP contribution is 2.51. The van der Waals surface area contributed by atoms with E-state index in [4.69, 9.17) is 4.74 Å². The Morgan fingerprint density at radius 1 is 1.17 bits per heavy atom. The Morgan fingerprint density at radius 3 is 2.58 bits per heavy atom. The first-order chi connectivity index (χ1) is 17.4. The Balaban J connectivity index is 1.29. The molecule has 6 rings (SSSR count). The zero-order valence-electron chi connectivity index (χ0n) is 20.5. The minimum absolute atomic E-state index is 0.0672. The van der Waals surface area contributed by atoms with E-state index in [1.165, 1.54) is 0 Å². The fourth-order valence-electron chi connectivity index (χ4n) is 5.87. The minimum atomic E-state index is -1.36. The van der Waals surface area contributed by atoms with Crippen molar-refractivity contribution >= 4 is 23.6 Å². The fraction of sp³-hybridized carbons (Fsp3) is 0.464. The van der Waals surface area contributed by atoms with Crippen molar-refractivity contribution in [2.45, 2.75) is 62.8 Å². The number of nitrogens with one attached hydrogen (secondary N) is 3.